The first-order chi connectivity index (χ1) is 45.4. The molecule has 0 fully saturated rings. The monoisotopic (exact) mass is 1260 g/mol. The zero-order valence-electron chi connectivity index (χ0n) is 55.2. The van der Waals surface area contributed by atoms with Gasteiger partial charge in [-0.05, 0) is 209 Å². The van der Waals surface area contributed by atoms with E-state index < -0.39 is 17.9 Å². The molecule has 0 saturated carbocycles. The Labute approximate surface area is 559 Å². The van der Waals surface area contributed by atoms with Gasteiger partial charge >= 0.3 is 17.9 Å². The van der Waals surface area contributed by atoms with E-state index >= 15 is 0 Å². The topological polar surface area (TPSA) is 140 Å². The van der Waals surface area contributed by atoms with E-state index in [2.05, 4.69) is 122 Å². The SMILES string of the molecule is C=CCc1cc(CCC(=O)Oc2c(CC=C)cc(C(C)CC(c3cc(CC=C)c(OC(=O)CCc4cc(CC=C)c(O)c(CC=C)c4)c(CC=C)c3)c3cc(CC=C)c(OC(=O)CCc4cc(CC=C)c(O)c(CC=C)c4)c(CC=C)c3)cc2CC=C)cc(CC=C)c1O. The second-order valence-corrected chi connectivity index (χ2v) is 23.8. The Morgan fingerprint density at radius 2 is 0.511 bits per heavy atom. The van der Waals surface area contributed by atoms with Gasteiger partial charge in [-0.3, -0.25) is 14.4 Å². The van der Waals surface area contributed by atoms with Crippen molar-refractivity contribution in [2.24, 2.45) is 0 Å². The molecule has 0 bridgehead atoms. The van der Waals surface area contributed by atoms with Gasteiger partial charge in [-0.15, -0.1) is 78.9 Å². The van der Waals surface area contributed by atoms with E-state index in [4.69, 9.17) is 14.2 Å². The average Bonchev–Trinajstić information content (AvgIpc) is 0.797. The minimum atomic E-state index is -0.420. The number of allylic oxidation sites excluding steroid dienone is 12. The van der Waals surface area contributed by atoms with E-state index in [-0.39, 0.29) is 48.3 Å². The van der Waals surface area contributed by atoms with Crippen molar-refractivity contribution in [1.82, 2.24) is 0 Å². The zero-order chi connectivity index (χ0) is 68.3. The van der Waals surface area contributed by atoms with E-state index in [1.54, 1.807) is 72.9 Å². The van der Waals surface area contributed by atoms with Crippen LogP contribution >= 0.6 is 0 Å². The lowest BCUT2D eigenvalue weighted by Gasteiger charge is -2.27. The summed E-state index contributed by atoms with van der Waals surface area (Å²) < 4.78 is 19.2. The van der Waals surface area contributed by atoms with Gasteiger partial charge in [0.1, 0.15) is 34.5 Å². The quantitative estimate of drug-likeness (QED) is 0.0194. The van der Waals surface area contributed by atoms with Crippen molar-refractivity contribution in [3.63, 3.8) is 0 Å². The Bertz CT molecular complexity index is 3490. The highest BCUT2D eigenvalue weighted by Crippen LogP contribution is 2.43. The Hall–Kier alpha value is -9.99. The highest BCUT2D eigenvalue weighted by Gasteiger charge is 2.28. The number of phenolic OH excluding ortho intramolecular Hbond substituents is 3. The number of aromatic hydroxyl groups is 3. The summed E-state index contributed by atoms with van der Waals surface area (Å²) in [5, 5.41) is 32.9. The molecule has 0 saturated heterocycles. The van der Waals surface area contributed by atoms with Crippen LogP contribution in [-0.2, 0) is 111 Å². The number of hydrogen-bond acceptors (Lipinski definition) is 9. The largest absolute Gasteiger partial charge is 0.507 e. The van der Waals surface area contributed by atoms with Crippen molar-refractivity contribution in [3.05, 3.63) is 325 Å². The summed E-state index contributed by atoms with van der Waals surface area (Å²) in [5.74, 6) is 0.253. The molecular weight excluding hydrogens is 1160 g/mol. The number of ether oxygens (including phenoxy) is 3. The summed E-state index contributed by atoms with van der Waals surface area (Å²) in [6.45, 7) is 50.1. The van der Waals surface area contributed by atoms with Crippen LogP contribution in [0.5, 0.6) is 34.5 Å². The van der Waals surface area contributed by atoms with Gasteiger partial charge < -0.3 is 29.5 Å². The molecule has 6 aromatic rings. The third kappa shape index (κ3) is 19.8. The Balaban J connectivity index is 1.46. The molecule has 0 aliphatic heterocycles. The highest BCUT2D eigenvalue weighted by atomic mass is 16.5. The van der Waals surface area contributed by atoms with Crippen LogP contribution in [0.1, 0.15) is 145 Å². The number of esters is 3. The smallest absolute Gasteiger partial charge is 0.311 e. The minimum Gasteiger partial charge on any atom is -0.507 e. The van der Waals surface area contributed by atoms with E-state index in [0.29, 0.717) is 120 Å². The lowest BCUT2D eigenvalue weighted by atomic mass is 9.78. The maximum absolute atomic E-state index is 14.2. The van der Waals surface area contributed by atoms with Crippen molar-refractivity contribution in [2.45, 2.75) is 141 Å². The van der Waals surface area contributed by atoms with Gasteiger partial charge in [0.15, 0.2) is 0 Å². The summed E-state index contributed by atoms with van der Waals surface area (Å²) in [7, 11) is 0. The van der Waals surface area contributed by atoms with Crippen LogP contribution in [0.2, 0.25) is 0 Å². The van der Waals surface area contributed by atoms with Crippen LogP contribution in [-0.4, -0.2) is 33.2 Å². The van der Waals surface area contributed by atoms with Crippen LogP contribution in [0.25, 0.3) is 0 Å². The molecule has 6 aromatic carbocycles. The number of rotatable bonds is 41. The molecule has 1 unspecified atom stereocenters. The summed E-state index contributed by atoms with van der Waals surface area (Å²) in [6, 6.07) is 24.0. The molecule has 6 rings (SSSR count). The fourth-order valence-electron chi connectivity index (χ4n) is 12.3. The first-order valence-electron chi connectivity index (χ1n) is 32.4. The maximum Gasteiger partial charge on any atom is 0.311 e. The van der Waals surface area contributed by atoms with Gasteiger partial charge in [-0.25, -0.2) is 0 Å². The number of hydrogen-bond donors (Lipinski definition) is 3. The van der Waals surface area contributed by atoms with Crippen molar-refractivity contribution in [2.75, 3.05) is 0 Å². The van der Waals surface area contributed by atoms with Gasteiger partial charge in [-0.2, -0.15) is 0 Å². The third-order valence-corrected chi connectivity index (χ3v) is 16.6. The van der Waals surface area contributed by atoms with Crippen LogP contribution in [0.3, 0.4) is 0 Å². The Morgan fingerprint density at radius 1 is 0.319 bits per heavy atom. The summed E-state index contributed by atoms with van der Waals surface area (Å²) in [4.78, 5) is 42.3. The fourth-order valence-corrected chi connectivity index (χ4v) is 12.3. The molecule has 0 amide bonds. The van der Waals surface area contributed by atoms with E-state index in [1.165, 1.54) is 0 Å². The minimum absolute atomic E-state index is 0.0713. The first kappa shape index (κ1) is 73.1. The van der Waals surface area contributed by atoms with E-state index in [0.717, 1.165) is 100 Å². The number of carbonyl (C=O) groups excluding carboxylic acids is 3. The molecule has 3 N–H and O–H groups in total. The number of carbonyl (C=O) groups is 3. The van der Waals surface area contributed by atoms with Gasteiger partial charge in [0, 0.05) is 25.2 Å². The Morgan fingerprint density at radius 3 is 0.713 bits per heavy atom. The van der Waals surface area contributed by atoms with Crippen molar-refractivity contribution in [3.8, 4) is 34.5 Å². The molecule has 0 spiro atoms. The second kappa shape index (κ2) is 36.9. The molecule has 9 nitrogen and oxygen atoms in total. The second-order valence-electron chi connectivity index (χ2n) is 23.8. The Kier molecular flexibility index (Phi) is 28.7. The summed E-state index contributed by atoms with van der Waals surface area (Å²) in [5.41, 5.74) is 14.6. The van der Waals surface area contributed by atoms with Crippen molar-refractivity contribution >= 4 is 17.9 Å². The summed E-state index contributed by atoms with van der Waals surface area (Å²) >= 11 is 0. The highest BCUT2D eigenvalue weighted by molar-refractivity contribution is 5.76. The first-order valence-corrected chi connectivity index (χ1v) is 32.4. The van der Waals surface area contributed by atoms with Crippen molar-refractivity contribution < 1.29 is 43.9 Å². The number of aryl methyl sites for hydroxylation is 3. The molecule has 9 heteroatoms. The predicted molar refractivity (Wildman–Crippen MR) is 387 cm³/mol. The molecule has 0 aliphatic carbocycles. The molecule has 488 valence electrons. The van der Waals surface area contributed by atoms with Gasteiger partial charge in [0.05, 0.1) is 0 Å². The summed E-state index contributed by atoms with van der Waals surface area (Å²) in [6.07, 6.45) is 28.3. The number of phenols is 3. The average molecular weight is 1260 g/mol. The molecule has 0 aliphatic rings. The molecule has 94 heavy (non-hydrogen) atoms. The maximum atomic E-state index is 14.2. The molecule has 0 aromatic heterocycles. The van der Waals surface area contributed by atoms with Crippen LogP contribution in [0.4, 0.5) is 0 Å². The zero-order valence-corrected chi connectivity index (χ0v) is 55.2. The molecular formula is C85H94O9. The molecule has 0 heterocycles. The standard InChI is InChI=1S/C85H94O9/c1-14-26-61-45-58(46-62(27-15-2)80(61)89)38-41-77(86)92-83-67(32-20-7)51-73(52-68(83)33-21-8)57(13)44-76(74-53-69(34-22-9)84(70(54-74)35-23-10)93-78(87)42-39-59-47-63(28-16-3)81(90)64(48-59)29-17-4)75-55-71(36-24-11)85(72(56-75)37-25-12)94-79(88)43-40-60-49-65(30-18-5)82(91)66(50-60)31-19-6/h14-25,45-57,76,89-91H,1-12,26-44H2,13H3. The van der Waals surface area contributed by atoms with Gasteiger partial charge in [0.2, 0.25) is 0 Å². The van der Waals surface area contributed by atoms with Crippen LogP contribution in [0.15, 0.2) is 225 Å². The molecule has 0 radical (unpaired) electrons. The van der Waals surface area contributed by atoms with Crippen molar-refractivity contribution in [1.29, 1.82) is 0 Å². The normalized spacial score (nSPS) is 11.2. The third-order valence-electron chi connectivity index (χ3n) is 16.6. The van der Waals surface area contributed by atoms with Crippen LogP contribution < -0.4 is 14.2 Å². The predicted octanol–water partition coefficient (Wildman–Crippen LogP) is 18.5. The fraction of sp³-hybridized carbons (Fsp3) is 0.259. The number of benzene rings is 6. The molecule has 1 atom stereocenters. The van der Waals surface area contributed by atoms with E-state index in [9.17, 15) is 29.7 Å². The van der Waals surface area contributed by atoms with Gasteiger partial charge in [0.25, 0.3) is 0 Å². The van der Waals surface area contributed by atoms with Crippen LogP contribution in [0, 0.1) is 0 Å². The van der Waals surface area contributed by atoms with Gasteiger partial charge in [-0.1, -0.05) is 153 Å². The lowest BCUT2D eigenvalue weighted by molar-refractivity contribution is -0.135. The van der Waals surface area contributed by atoms with E-state index in [1.807, 2.05) is 36.4 Å². The lowest BCUT2D eigenvalue weighted by Crippen LogP contribution is -2.15.